The second kappa shape index (κ2) is 5.41. The molecule has 0 bridgehead atoms. The van der Waals surface area contributed by atoms with Gasteiger partial charge in [-0.15, -0.1) is 0 Å². The molecule has 0 N–H and O–H groups in total. The topological polar surface area (TPSA) is 76.2 Å². The Hall–Kier alpha value is -2.87. The summed E-state index contributed by atoms with van der Waals surface area (Å²) in [6, 6.07) is 11.7. The maximum atomic E-state index is 10.8. The molecule has 2 aromatic carbocycles. The molecule has 0 fully saturated rings. The van der Waals surface area contributed by atoms with Crippen LogP contribution in [0.3, 0.4) is 0 Å². The van der Waals surface area contributed by atoms with E-state index in [1.54, 1.807) is 0 Å². The summed E-state index contributed by atoms with van der Waals surface area (Å²) in [6.07, 6.45) is 0. The minimum absolute atomic E-state index is 0.0159. The highest BCUT2D eigenvalue weighted by Crippen LogP contribution is 2.29. The van der Waals surface area contributed by atoms with Crippen LogP contribution in [0.1, 0.15) is 16.7 Å². The monoisotopic (exact) mass is 268 g/mol. The first-order valence-electron chi connectivity index (χ1n) is 5.95. The molecule has 0 amide bonds. The first kappa shape index (κ1) is 13.6. The molecule has 0 aliphatic rings. The van der Waals surface area contributed by atoms with Gasteiger partial charge in [-0.05, 0) is 37.1 Å². The van der Waals surface area contributed by atoms with Crippen molar-refractivity contribution in [2.75, 3.05) is 0 Å². The maximum Gasteiger partial charge on any atom is 0.287 e. The molecule has 0 saturated carbocycles. The number of nitriles is 1. The lowest BCUT2D eigenvalue weighted by Gasteiger charge is -2.09. The van der Waals surface area contributed by atoms with Gasteiger partial charge in [0.15, 0.2) is 0 Å². The molecule has 0 unspecified atom stereocenters. The van der Waals surface area contributed by atoms with E-state index in [-0.39, 0.29) is 11.3 Å². The molecule has 20 heavy (non-hydrogen) atoms. The Bertz CT molecular complexity index is 718. The van der Waals surface area contributed by atoms with Crippen LogP contribution in [0.2, 0.25) is 0 Å². The van der Waals surface area contributed by atoms with Crippen molar-refractivity contribution >= 4 is 5.69 Å². The summed E-state index contributed by atoms with van der Waals surface area (Å²) < 4.78 is 5.69. The summed E-state index contributed by atoms with van der Waals surface area (Å²) in [5.41, 5.74) is 1.76. The van der Waals surface area contributed by atoms with E-state index >= 15 is 0 Å². The van der Waals surface area contributed by atoms with E-state index < -0.39 is 4.92 Å². The average Bonchev–Trinajstić information content (AvgIpc) is 2.42. The standard InChI is InChI=1S/C15H12N2O3/c1-10-3-4-11(2)15(7-10)20-13-5-6-14(17(18)19)12(8-13)9-16/h3-8H,1-2H3. The number of hydrogen-bond donors (Lipinski definition) is 0. The number of nitro groups is 1. The largest absolute Gasteiger partial charge is 0.457 e. The van der Waals surface area contributed by atoms with Crippen LogP contribution in [0.25, 0.3) is 0 Å². The number of nitro benzene ring substituents is 1. The molecule has 0 aliphatic carbocycles. The van der Waals surface area contributed by atoms with E-state index in [2.05, 4.69) is 0 Å². The quantitative estimate of drug-likeness (QED) is 0.625. The predicted octanol–water partition coefficient (Wildman–Crippen LogP) is 3.88. The normalized spacial score (nSPS) is 9.85. The number of nitrogens with zero attached hydrogens (tertiary/aromatic N) is 2. The van der Waals surface area contributed by atoms with Gasteiger partial charge in [-0.1, -0.05) is 12.1 Å². The molecule has 0 aliphatic heterocycles. The molecule has 100 valence electrons. The van der Waals surface area contributed by atoms with Crippen LogP contribution in [0.15, 0.2) is 36.4 Å². The summed E-state index contributed by atoms with van der Waals surface area (Å²) >= 11 is 0. The molecule has 0 atom stereocenters. The zero-order valence-corrected chi connectivity index (χ0v) is 11.1. The molecule has 2 rings (SSSR count). The van der Waals surface area contributed by atoms with E-state index in [0.29, 0.717) is 11.5 Å². The van der Waals surface area contributed by atoms with Gasteiger partial charge >= 0.3 is 0 Å². The third kappa shape index (κ3) is 2.75. The number of hydrogen-bond acceptors (Lipinski definition) is 4. The molecule has 0 spiro atoms. The summed E-state index contributed by atoms with van der Waals surface area (Å²) in [4.78, 5) is 10.2. The molecule has 0 heterocycles. The Kier molecular flexibility index (Phi) is 3.67. The number of ether oxygens (including phenoxy) is 1. The van der Waals surface area contributed by atoms with E-state index in [9.17, 15) is 10.1 Å². The van der Waals surface area contributed by atoms with Gasteiger partial charge in [-0.2, -0.15) is 5.26 Å². The second-order valence-electron chi connectivity index (χ2n) is 4.42. The highest BCUT2D eigenvalue weighted by atomic mass is 16.6. The Morgan fingerprint density at radius 3 is 2.60 bits per heavy atom. The molecular formula is C15H12N2O3. The number of benzene rings is 2. The van der Waals surface area contributed by atoms with Crippen molar-refractivity contribution in [3.63, 3.8) is 0 Å². The van der Waals surface area contributed by atoms with Crippen molar-refractivity contribution in [2.45, 2.75) is 13.8 Å². The van der Waals surface area contributed by atoms with Gasteiger partial charge in [-0.3, -0.25) is 10.1 Å². The SMILES string of the molecule is Cc1ccc(C)c(Oc2ccc([N+](=O)[O-])c(C#N)c2)c1. The smallest absolute Gasteiger partial charge is 0.287 e. The fraction of sp³-hybridized carbons (Fsp3) is 0.133. The Balaban J connectivity index is 2.38. The van der Waals surface area contributed by atoms with Gasteiger partial charge in [0.25, 0.3) is 5.69 Å². The Morgan fingerprint density at radius 2 is 1.95 bits per heavy atom. The minimum Gasteiger partial charge on any atom is -0.457 e. The van der Waals surface area contributed by atoms with E-state index in [4.69, 9.17) is 10.00 Å². The predicted molar refractivity (Wildman–Crippen MR) is 73.8 cm³/mol. The van der Waals surface area contributed by atoms with Crippen molar-refractivity contribution < 1.29 is 9.66 Å². The molecule has 0 saturated heterocycles. The fourth-order valence-corrected chi connectivity index (χ4v) is 1.77. The van der Waals surface area contributed by atoms with Gasteiger partial charge in [0, 0.05) is 12.1 Å². The molecule has 0 radical (unpaired) electrons. The molecular weight excluding hydrogens is 256 g/mol. The van der Waals surface area contributed by atoms with Crippen LogP contribution in [0.4, 0.5) is 5.69 Å². The fourth-order valence-electron chi connectivity index (χ4n) is 1.77. The minimum atomic E-state index is -0.583. The lowest BCUT2D eigenvalue weighted by Crippen LogP contribution is -1.94. The van der Waals surface area contributed by atoms with Crippen LogP contribution in [0, 0.1) is 35.3 Å². The molecule has 2 aromatic rings. The van der Waals surface area contributed by atoms with E-state index in [0.717, 1.165) is 11.1 Å². The first-order chi connectivity index (χ1) is 9.51. The average molecular weight is 268 g/mol. The summed E-state index contributed by atoms with van der Waals surface area (Å²) in [6.45, 7) is 3.86. The number of rotatable bonds is 3. The van der Waals surface area contributed by atoms with Crippen LogP contribution in [-0.2, 0) is 0 Å². The van der Waals surface area contributed by atoms with Crippen LogP contribution in [-0.4, -0.2) is 4.92 Å². The highest BCUT2D eigenvalue weighted by molar-refractivity contribution is 5.53. The van der Waals surface area contributed by atoms with Gasteiger partial charge < -0.3 is 4.74 Å². The van der Waals surface area contributed by atoms with Crippen molar-refractivity contribution in [2.24, 2.45) is 0 Å². The zero-order valence-electron chi connectivity index (χ0n) is 11.1. The first-order valence-corrected chi connectivity index (χ1v) is 5.95. The van der Waals surface area contributed by atoms with Crippen molar-refractivity contribution in [1.82, 2.24) is 0 Å². The van der Waals surface area contributed by atoms with Crippen LogP contribution >= 0.6 is 0 Å². The third-order valence-electron chi connectivity index (χ3n) is 2.86. The summed E-state index contributed by atoms with van der Waals surface area (Å²) in [5.74, 6) is 1.07. The third-order valence-corrected chi connectivity index (χ3v) is 2.86. The summed E-state index contributed by atoms with van der Waals surface area (Å²) in [5, 5.41) is 19.7. The second-order valence-corrected chi connectivity index (χ2v) is 4.42. The Morgan fingerprint density at radius 1 is 1.20 bits per heavy atom. The maximum absolute atomic E-state index is 10.8. The highest BCUT2D eigenvalue weighted by Gasteiger charge is 2.14. The lowest BCUT2D eigenvalue weighted by molar-refractivity contribution is -0.385. The van der Waals surface area contributed by atoms with Crippen molar-refractivity contribution in [3.05, 3.63) is 63.2 Å². The lowest BCUT2D eigenvalue weighted by atomic mass is 10.1. The van der Waals surface area contributed by atoms with Crippen LogP contribution in [0.5, 0.6) is 11.5 Å². The van der Waals surface area contributed by atoms with E-state index in [1.165, 1.54) is 18.2 Å². The van der Waals surface area contributed by atoms with E-state index in [1.807, 2.05) is 38.1 Å². The van der Waals surface area contributed by atoms with Crippen molar-refractivity contribution in [3.8, 4) is 17.6 Å². The number of aryl methyl sites for hydroxylation is 2. The zero-order chi connectivity index (χ0) is 14.7. The van der Waals surface area contributed by atoms with Crippen LogP contribution < -0.4 is 4.74 Å². The molecule has 5 nitrogen and oxygen atoms in total. The van der Waals surface area contributed by atoms with Gasteiger partial charge in [0.2, 0.25) is 0 Å². The molecule has 5 heteroatoms. The van der Waals surface area contributed by atoms with Gasteiger partial charge in [-0.25, -0.2) is 0 Å². The molecule has 0 aromatic heterocycles. The summed E-state index contributed by atoms with van der Waals surface area (Å²) in [7, 11) is 0. The van der Waals surface area contributed by atoms with Gasteiger partial charge in [0.1, 0.15) is 23.1 Å². The van der Waals surface area contributed by atoms with Gasteiger partial charge in [0.05, 0.1) is 4.92 Å². The van der Waals surface area contributed by atoms with Crippen molar-refractivity contribution in [1.29, 1.82) is 5.26 Å². The Labute approximate surface area is 116 Å².